The third-order valence-corrected chi connectivity index (χ3v) is 2.85. The summed E-state index contributed by atoms with van der Waals surface area (Å²) in [5.74, 6) is -1.11. The molecule has 8 heteroatoms. The number of carbonyl (C=O) groups excluding carboxylic acids is 2. The fourth-order valence-corrected chi connectivity index (χ4v) is 1.84. The highest BCUT2D eigenvalue weighted by Gasteiger charge is 2.20. The second kappa shape index (κ2) is 9.51. The van der Waals surface area contributed by atoms with Crippen LogP contribution in [0, 0.1) is 0 Å². The standard InChI is InChI=1S/C17H24N2O6/c1-17(2,3)25-15(22)18-10-13(9-14(20)21)19-16(23)24-11-12-7-5-4-6-8-12/h4-8,13H,9-11H2,1-3H3,(H,18,22)(H,19,23)(H,20,21)/t13-/m0/s1. The fourth-order valence-electron chi connectivity index (χ4n) is 1.84. The van der Waals surface area contributed by atoms with Gasteiger partial charge in [-0.15, -0.1) is 0 Å². The average molecular weight is 352 g/mol. The van der Waals surface area contributed by atoms with Crippen LogP contribution >= 0.6 is 0 Å². The molecule has 2 amide bonds. The molecule has 25 heavy (non-hydrogen) atoms. The summed E-state index contributed by atoms with van der Waals surface area (Å²) in [4.78, 5) is 34.3. The maximum Gasteiger partial charge on any atom is 0.407 e. The summed E-state index contributed by atoms with van der Waals surface area (Å²) in [6, 6.07) is 8.24. The molecule has 1 atom stereocenters. The van der Waals surface area contributed by atoms with Crippen molar-refractivity contribution in [1.82, 2.24) is 10.6 Å². The van der Waals surface area contributed by atoms with Crippen LogP contribution in [-0.4, -0.2) is 41.4 Å². The van der Waals surface area contributed by atoms with E-state index < -0.39 is 29.8 Å². The molecule has 8 nitrogen and oxygen atoms in total. The molecule has 1 aromatic rings. The van der Waals surface area contributed by atoms with E-state index >= 15 is 0 Å². The van der Waals surface area contributed by atoms with Gasteiger partial charge in [-0.3, -0.25) is 4.79 Å². The first kappa shape index (κ1) is 20.3. The lowest BCUT2D eigenvalue weighted by Crippen LogP contribution is -2.46. The van der Waals surface area contributed by atoms with Crippen molar-refractivity contribution in [1.29, 1.82) is 0 Å². The van der Waals surface area contributed by atoms with Crippen molar-refractivity contribution in [2.45, 2.75) is 45.4 Å². The van der Waals surface area contributed by atoms with Crippen LogP contribution in [0.15, 0.2) is 30.3 Å². The molecule has 3 N–H and O–H groups in total. The first-order chi connectivity index (χ1) is 11.7. The van der Waals surface area contributed by atoms with E-state index in [0.29, 0.717) is 0 Å². The third-order valence-electron chi connectivity index (χ3n) is 2.85. The lowest BCUT2D eigenvalue weighted by atomic mass is 10.2. The Kier molecular flexibility index (Phi) is 7.71. The molecule has 0 aliphatic carbocycles. The van der Waals surface area contributed by atoms with Gasteiger partial charge in [0, 0.05) is 6.54 Å². The quantitative estimate of drug-likeness (QED) is 0.694. The second-order valence-electron chi connectivity index (χ2n) is 6.38. The minimum Gasteiger partial charge on any atom is -0.481 e. The van der Waals surface area contributed by atoms with Crippen LogP contribution in [-0.2, 0) is 20.9 Å². The predicted octanol–water partition coefficient (Wildman–Crippen LogP) is 2.28. The molecule has 0 saturated heterocycles. The lowest BCUT2D eigenvalue weighted by molar-refractivity contribution is -0.137. The van der Waals surface area contributed by atoms with Crippen LogP contribution in [0.3, 0.4) is 0 Å². The zero-order valence-corrected chi connectivity index (χ0v) is 14.6. The molecule has 0 bridgehead atoms. The van der Waals surface area contributed by atoms with Gasteiger partial charge in [0.05, 0.1) is 12.5 Å². The number of aliphatic carboxylic acids is 1. The first-order valence-electron chi connectivity index (χ1n) is 7.81. The van der Waals surface area contributed by atoms with E-state index in [4.69, 9.17) is 14.6 Å². The highest BCUT2D eigenvalue weighted by Crippen LogP contribution is 2.06. The second-order valence-corrected chi connectivity index (χ2v) is 6.38. The molecule has 0 heterocycles. The molecule has 0 aliphatic rings. The van der Waals surface area contributed by atoms with Gasteiger partial charge in [-0.25, -0.2) is 9.59 Å². The average Bonchev–Trinajstić information content (AvgIpc) is 2.49. The van der Waals surface area contributed by atoms with E-state index in [0.717, 1.165) is 5.56 Å². The molecule has 0 unspecified atom stereocenters. The van der Waals surface area contributed by atoms with Crippen molar-refractivity contribution in [2.75, 3.05) is 6.54 Å². The number of carbonyl (C=O) groups is 3. The molecule has 0 radical (unpaired) electrons. The number of alkyl carbamates (subject to hydrolysis) is 2. The van der Waals surface area contributed by atoms with Gasteiger partial charge in [0.15, 0.2) is 0 Å². The Morgan fingerprint density at radius 1 is 1.12 bits per heavy atom. The Morgan fingerprint density at radius 3 is 2.32 bits per heavy atom. The minimum atomic E-state index is -1.11. The Balaban J connectivity index is 2.47. The Hall–Kier alpha value is -2.77. The van der Waals surface area contributed by atoms with Crippen LogP contribution in [0.5, 0.6) is 0 Å². The van der Waals surface area contributed by atoms with Gasteiger partial charge in [0.2, 0.25) is 0 Å². The normalized spacial score (nSPS) is 12.0. The van der Waals surface area contributed by atoms with E-state index in [1.54, 1.807) is 32.9 Å². The first-order valence-corrected chi connectivity index (χ1v) is 7.81. The largest absolute Gasteiger partial charge is 0.481 e. The predicted molar refractivity (Wildman–Crippen MR) is 90.0 cm³/mol. The van der Waals surface area contributed by atoms with Gasteiger partial charge >= 0.3 is 18.2 Å². The monoisotopic (exact) mass is 352 g/mol. The highest BCUT2D eigenvalue weighted by atomic mass is 16.6. The molecule has 1 rings (SSSR count). The molecule has 138 valence electrons. The van der Waals surface area contributed by atoms with Gasteiger partial charge in [-0.1, -0.05) is 30.3 Å². The Morgan fingerprint density at radius 2 is 1.76 bits per heavy atom. The lowest BCUT2D eigenvalue weighted by Gasteiger charge is -2.22. The highest BCUT2D eigenvalue weighted by molar-refractivity contribution is 5.72. The molecule has 0 fully saturated rings. The van der Waals surface area contributed by atoms with Gasteiger partial charge in [-0.05, 0) is 26.3 Å². The SMILES string of the molecule is CC(C)(C)OC(=O)NC[C@H](CC(=O)O)NC(=O)OCc1ccccc1. The number of benzene rings is 1. The molecule has 0 aromatic heterocycles. The summed E-state index contributed by atoms with van der Waals surface area (Å²) >= 11 is 0. The van der Waals surface area contributed by atoms with E-state index in [9.17, 15) is 14.4 Å². The van der Waals surface area contributed by atoms with Crippen LogP contribution < -0.4 is 10.6 Å². The minimum absolute atomic E-state index is 0.0615. The van der Waals surface area contributed by atoms with Crippen LogP contribution in [0.1, 0.15) is 32.8 Å². The summed E-state index contributed by atoms with van der Waals surface area (Å²) < 4.78 is 10.1. The summed E-state index contributed by atoms with van der Waals surface area (Å²) in [5.41, 5.74) is 0.133. The van der Waals surface area contributed by atoms with Gasteiger partial charge in [-0.2, -0.15) is 0 Å². The Bertz CT molecular complexity index is 583. The molecule has 0 aliphatic heterocycles. The topological polar surface area (TPSA) is 114 Å². The van der Waals surface area contributed by atoms with Gasteiger partial charge in [0.1, 0.15) is 12.2 Å². The van der Waals surface area contributed by atoms with Crippen molar-refractivity contribution in [3.8, 4) is 0 Å². The summed E-state index contributed by atoms with van der Waals surface area (Å²) in [5, 5.41) is 13.8. The zero-order valence-electron chi connectivity index (χ0n) is 14.6. The molecule has 0 spiro atoms. The molecule has 0 saturated carbocycles. The zero-order chi connectivity index (χ0) is 18.9. The molecule has 1 aromatic carbocycles. The van der Waals surface area contributed by atoms with Crippen molar-refractivity contribution < 1.29 is 29.0 Å². The molecular formula is C17H24N2O6. The van der Waals surface area contributed by atoms with Crippen molar-refractivity contribution in [2.24, 2.45) is 0 Å². The maximum atomic E-state index is 11.8. The summed E-state index contributed by atoms with van der Waals surface area (Å²) in [6.07, 6.45) is -1.82. The van der Waals surface area contributed by atoms with Crippen LogP contribution in [0.2, 0.25) is 0 Å². The summed E-state index contributed by atoms with van der Waals surface area (Å²) in [7, 11) is 0. The van der Waals surface area contributed by atoms with E-state index in [1.165, 1.54) is 0 Å². The van der Waals surface area contributed by atoms with Gasteiger partial charge in [0.25, 0.3) is 0 Å². The number of rotatable bonds is 7. The van der Waals surface area contributed by atoms with E-state index in [-0.39, 0.29) is 19.6 Å². The number of hydrogen-bond acceptors (Lipinski definition) is 5. The molecular weight excluding hydrogens is 328 g/mol. The fraction of sp³-hybridized carbons (Fsp3) is 0.471. The van der Waals surface area contributed by atoms with Crippen LogP contribution in [0.4, 0.5) is 9.59 Å². The number of carboxylic acids is 1. The van der Waals surface area contributed by atoms with Crippen molar-refractivity contribution in [3.05, 3.63) is 35.9 Å². The van der Waals surface area contributed by atoms with E-state index in [2.05, 4.69) is 10.6 Å². The van der Waals surface area contributed by atoms with Crippen molar-refractivity contribution >= 4 is 18.2 Å². The maximum absolute atomic E-state index is 11.8. The van der Waals surface area contributed by atoms with Gasteiger partial charge < -0.3 is 25.2 Å². The number of amides is 2. The smallest absolute Gasteiger partial charge is 0.407 e. The third kappa shape index (κ3) is 9.85. The summed E-state index contributed by atoms with van der Waals surface area (Å²) in [6.45, 7) is 5.09. The number of hydrogen-bond donors (Lipinski definition) is 3. The number of nitrogens with one attached hydrogen (secondary N) is 2. The number of carboxylic acid groups (broad SMARTS) is 1. The number of ether oxygens (including phenoxy) is 2. The van der Waals surface area contributed by atoms with Crippen molar-refractivity contribution in [3.63, 3.8) is 0 Å². The van der Waals surface area contributed by atoms with E-state index in [1.807, 2.05) is 18.2 Å². The van der Waals surface area contributed by atoms with Crippen LogP contribution in [0.25, 0.3) is 0 Å². The Labute approximate surface area is 146 Å².